The Labute approximate surface area is 143 Å². The summed E-state index contributed by atoms with van der Waals surface area (Å²) in [5.74, 6) is 0. The Balaban J connectivity index is 2.49. The molecule has 2 rings (SSSR count). The predicted molar refractivity (Wildman–Crippen MR) is 85.8 cm³/mol. The summed E-state index contributed by atoms with van der Waals surface area (Å²) in [6.45, 7) is 1.33. The lowest BCUT2D eigenvalue weighted by Crippen LogP contribution is -2.44. The first-order chi connectivity index (χ1) is 10.6. The number of nitrogens with zero attached hydrogens (tertiary/aromatic N) is 3. The first kappa shape index (κ1) is 18.2. The van der Waals surface area contributed by atoms with E-state index >= 15 is 0 Å². The van der Waals surface area contributed by atoms with Crippen molar-refractivity contribution in [3.05, 3.63) is 46.5 Å². The van der Waals surface area contributed by atoms with Gasteiger partial charge in [-0.25, -0.2) is 9.67 Å². The minimum atomic E-state index is -3.79. The number of aromatic nitrogens is 3. The Kier molecular flexibility index (Phi) is 5.32. The summed E-state index contributed by atoms with van der Waals surface area (Å²) in [4.78, 5) is 3.80. The van der Waals surface area contributed by atoms with Crippen LogP contribution in [-0.4, -0.2) is 40.6 Å². The molecule has 0 aliphatic rings. The molecule has 0 saturated carbocycles. The summed E-state index contributed by atoms with van der Waals surface area (Å²) in [6.07, 6.45) is 2.47. The van der Waals surface area contributed by atoms with Gasteiger partial charge >= 0.3 is 0 Å². The fraction of sp³-hybridized carbons (Fsp3) is 0.385. The van der Waals surface area contributed by atoms with Gasteiger partial charge in [-0.3, -0.25) is 4.18 Å². The molecule has 0 saturated heterocycles. The number of aliphatic hydroxyl groups is 1. The van der Waals surface area contributed by atoms with Crippen molar-refractivity contribution < 1.29 is 17.7 Å². The molecule has 7 nitrogen and oxygen atoms in total. The van der Waals surface area contributed by atoms with E-state index < -0.39 is 21.8 Å². The van der Waals surface area contributed by atoms with Crippen LogP contribution in [0.15, 0.2) is 30.9 Å². The minimum absolute atomic E-state index is 0.106. The van der Waals surface area contributed by atoms with E-state index in [9.17, 15) is 13.5 Å². The van der Waals surface area contributed by atoms with Gasteiger partial charge in [-0.15, -0.1) is 0 Å². The Morgan fingerprint density at radius 3 is 2.65 bits per heavy atom. The van der Waals surface area contributed by atoms with Crippen LogP contribution in [0.2, 0.25) is 10.0 Å². The van der Waals surface area contributed by atoms with Crippen molar-refractivity contribution in [2.45, 2.75) is 25.2 Å². The maximum atomic E-state index is 11.4. The molecular weight excluding hydrogens is 365 g/mol. The number of halogens is 2. The van der Waals surface area contributed by atoms with Gasteiger partial charge in [0.2, 0.25) is 0 Å². The Bertz CT molecular complexity index is 783. The topological polar surface area (TPSA) is 94.3 Å². The monoisotopic (exact) mass is 379 g/mol. The Morgan fingerprint density at radius 1 is 1.43 bits per heavy atom. The summed E-state index contributed by atoms with van der Waals surface area (Å²) >= 11 is 12.0. The van der Waals surface area contributed by atoms with E-state index in [0.29, 0.717) is 5.02 Å². The van der Waals surface area contributed by atoms with Crippen molar-refractivity contribution >= 4 is 33.3 Å². The van der Waals surface area contributed by atoms with Crippen LogP contribution in [0.3, 0.4) is 0 Å². The standard InChI is InChI=1S/C13H15Cl2N3O4S/c1-9(22-23(2,20)21)13(19,6-18-8-16-7-17-18)11-4-3-10(14)5-12(11)15/h3-5,7-9,19H,6H2,1-2H3. The molecular formula is C13H15Cl2N3O4S. The fourth-order valence-corrected chi connectivity index (χ4v) is 3.43. The second kappa shape index (κ2) is 6.74. The summed E-state index contributed by atoms with van der Waals surface area (Å²) < 4.78 is 29.2. The third-order valence-electron chi connectivity index (χ3n) is 3.26. The molecule has 1 aromatic carbocycles. The van der Waals surface area contributed by atoms with Gasteiger partial charge in [0, 0.05) is 15.6 Å². The molecule has 2 unspecified atom stereocenters. The average Bonchev–Trinajstić information content (AvgIpc) is 2.88. The molecule has 10 heteroatoms. The molecule has 0 radical (unpaired) electrons. The zero-order chi connectivity index (χ0) is 17.3. The lowest BCUT2D eigenvalue weighted by atomic mass is 9.88. The van der Waals surface area contributed by atoms with E-state index in [1.165, 1.54) is 36.4 Å². The van der Waals surface area contributed by atoms with Gasteiger partial charge in [0.15, 0.2) is 0 Å². The SMILES string of the molecule is CC(OS(C)(=O)=O)C(O)(Cn1cncn1)c1ccc(Cl)cc1Cl. The third kappa shape index (κ3) is 4.42. The van der Waals surface area contributed by atoms with Crippen molar-refractivity contribution in [1.29, 1.82) is 0 Å². The van der Waals surface area contributed by atoms with E-state index in [1.807, 2.05) is 0 Å². The molecule has 126 valence electrons. The molecule has 0 bridgehead atoms. The van der Waals surface area contributed by atoms with E-state index in [4.69, 9.17) is 27.4 Å². The first-order valence-electron chi connectivity index (χ1n) is 6.50. The zero-order valence-corrected chi connectivity index (χ0v) is 14.7. The maximum absolute atomic E-state index is 11.4. The van der Waals surface area contributed by atoms with Crippen molar-refractivity contribution in [3.63, 3.8) is 0 Å². The van der Waals surface area contributed by atoms with Gasteiger partial charge < -0.3 is 5.11 Å². The van der Waals surface area contributed by atoms with Gasteiger partial charge in [0.1, 0.15) is 24.4 Å². The van der Waals surface area contributed by atoms with Gasteiger partial charge in [-0.2, -0.15) is 13.5 Å². The summed E-state index contributed by atoms with van der Waals surface area (Å²) in [5, 5.41) is 15.6. The van der Waals surface area contributed by atoms with E-state index in [2.05, 4.69) is 10.1 Å². The second-order valence-corrected chi connectivity index (χ2v) is 7.53. The van der Waals surface area contributed by atoms with Crippen molar-refractivity contribution in [2.75, 3.05) is 6.26 Å². The predicted octanol–water partition coefficient (Wildman–Crippen LogP) is 1.84. The zero-order valence-electron chi connectivity index (χ0n) is 12.3. The summed E-state index contributed by atoms with van der Waals surface area (Å²) in [7, 11) is -3.79. The molecule has 0 spiro atoms. The minimum Gasteiger partial charge on any atom is -0.380 e. The maximum Gasteiger partial charge on any atom is 0.264 e. The first-order valence-corrected chi connectivity index (χ1v) is 9.07. The quantitative estimate of drug-likeness (QED) is 0.769. The molecule has 0 aliphatic heterocycles. The smallest absolute Gasteiger partial charge is 0.264 e. The number of hydrogen-bond acceptors (Lipinski definition) is 6. The molecule has 0 amide bonds. The molecule has 0 fully saturated rings. The van der Waals surface area contributed by atoms with Crippen molar-refractivity contribution in [2.24, 2.45) is 0 Å². The molecule has 0 aliphatic carbocycles. The third-order valence-corrected chi connectivity index (χ3v) is 4.44. The van der Waals surface area contributed by atoms with Crippen LogP contribution in [-0.2, 0) is 26.4 Å². The van der Waals surface area contributed by atoms with Crippen LogP contribution < -0.4 is 0 Å². The van der Waals surface area contributed by atoms with Crippen LogP contribution in [0, 0.1) is 0 Å². The van der Waals surface area contributed by atoms with Crippen LogP contribution in [0.25, 0.3) is 0 Å². The fourth-order valence-electron chi connectivity index (χ4n) is 2.18. The highest BCUT2D eigenvalue weighted by molar-refractivity contribution is 7.86. The average molecular weight is 380 g/mol. The summed E-state index contributed by atoms with van der Waals surface area (Å²) in [6, 6.07) is 4.52. The van der Waals surface area contributed by atoms with E-state index in [-0.39, 0.29) is 17.1 Å². The Morgan fingerprint density at radius 2 is 2.13 bits per heavy atom. The molecule has 2 aromatic rings. The highest BCUT2D eigenvalue weighted by Gasteiger charge is 2.41. The van der Waals surface area contributed by atoms with Crippen LogP contribution >= 0.6 is 23.2 Å². The summed E-state index contributed by atoms with van der Waals surface area (Å²) in [5.41, 5.74) is -1.49. The van der Waals surface area contributed by atoms with Gasteiger partial charge in [0.05, 0.1) is 12.8 Å². The lowest BCUT2D eigenvalue weighted by molar-refractivity contribution is -0.0710. The highest BCUT2D eigenvalue weighted by Crippen LogP contribution is 2.36. The van der Waals surface area contributed by atoms with Crippen LogP contribution in [0.4, 0.5) is 0 Å². The lowest BCUT2D eigenvalue weighted by Gasteiger charge is -2.34. The normalized spacial score (nSPS) is 16.0. The van der Waals surface area contributed by atoms with Gasteiger partial charge in [-0.1, -0.05) is 29.3 Å². The van der Waals surface area contributed by atoms with Crippen molar-refractivity contribution in [1.82, 2.24) is 14.8 Å². The molecule has 1 N–H and O–H groups in total. The molecule has 1 heterocycles. The molecule has 1 aromatic heterocycles. The van der Waals surface area contributed by atoms with E-state index in [0.717, 1.165) is 6.26 Å². The molecule has 2 atom stereocenters. The Hall–Kier alpha value is -1.19. The number of rotatable bonds is 6. The number of benzene rings is 1. The van der Waals surface area contributed by atoms with Crippen LogP contribution in [0.5, 0.6) is 0 Å². The largest absolute Gasteiger partial charge is 0.380 e. The second-order valence-electron chi connectivity index (χ2n) is 5.08. The van der Waals surface area contributed by atoms with Crippen LogP contribution in [0.1, 0.15) is 12.5 Å². The molecule has 23 heavy (non-hydrogen) atoms. The van der Waals surface area contributed by atoms with Gasteiger partial charge in [0.25, 0.3) is 10.1 Å². The van der Waals surface area contributed by atoms with Crippen molar-refractivity contribution in [3.8, 4) is 0 Å². The van der Waals surface area contributed by atoms with E-state index in [1.54, 1.807) is 6.07 Å². The highest BCUT2D eigenvalue weighted by atomic mass is 35.5. The van der Waals surface area contributed by atoms with Gasteiger partial charge in [-0.05, 0) is 19.1 Å². The number of hydrogen-bond donors (Lipinski definition) is 1.